The van der Waals surface area contributed by atoms with Crippen molar-refractivity contribution in [3.63, 3.8) is 0 Å². The van der Waals surface area contributed by atoms with E-state index in [0.717, 1.165) is 25.0 Å². The predicted molar refractivity (Wildman–Crippen MR) is 68.1 cm³/mol. The molecule has 1 aliphatic rings. The van der Waals surface area contributed by atoms with Gasteiger partial charge in [0.1, 0.15) is 5.65 Å². The Hall–Kier alpha value is -1.78. The van der Waals surface area contributed by atoms with Gasteiger partial charge in [0.2, 0.25) is 5.91 Å². The van der Waals surface area contributed by atoms with Crippen LogP contribution in [0.1, 0.15) is 25.7 Å². The van der Waals surface area contributed by atoms with Gasteiger partial charge in [-0.05, 0) is 12.8 Å². The van der Waals surface area contributed by atoms with Gasteiger partial charge in [-0.25, -0.2) is 4.52 Å². The molecule has 0 saturated heterocycles. The Labute approximate surface area is 106 Å². The van der Waals surface area contributed by atoms with Gasteiger partial charge in [-0.3, -0.25) is 4.79 Å². The molecule has 3 rings (SSSR count). The van der Waals surface area contributed by atoms with Crippen LogP contribution in [0.25, 0.3) is 5.65 Å². The number of fused-ring (bicyclic) bond motifs is 1. The second kappa shape index (κ2) is 4.84. The molecule has 0 atom stereocenters. The number of carbonyl (C=O) groups excluding carboxylic acids is 1. The Balaban J connectivity index is 1.52. The lowest BCUT2D eigenvalue weighted by atomic mass is 10.1. The fraction of sp³-hybridized carbons (Fsp3) is 0.538. The maximum absolute atomic E-state index is 11.8. The van der Waals surface area contributed by atoms with E-state index in [1.807, 2.05) is 23.0 Å². The van der Waals surface area contributed by atoms with Gasteiger partial charge in [-0.15, -0.1) is 0 Å². The number of carbonyl (C=O) groups is 1. The molecule has 0 aliphatic heterocycles. The van der Waals surface area contributed by atoms with Gasteiger partial charge < -0.3 is 9.88 Å². The summed E-state index contributed by atoms with van der Waals surface area (Å²) in [6.45, 7) is 1.48. The van der Waals surface area contributed by atoms with Gasteiger partial charge in [-0.2, -0.15) is 5.10 Å². The van der Waals surface area contributed by atoms with E-state index in [9.17, 15) is 4.79 Å². The molecule has 0 radical (unpaired) electrons. The Bertz CT molecular complexity index is 536. The number of hydrogen-bond acceptors (Lipinski definition) is 2. The molecule has 1 aliphatic carbocycles. The van der Waals surface area contributed by atoms with Crippen molar-refractivity contribution in [1.29, 1.82) is 0 Å². The molecule has 0 aromatic carbocycles. The predicted octanol–water partition coefficient (Wildman–Crippen LogP) is 1.44. The van der Waals surface area contributed by atoms with Crippen LogP contribution in [0.3, 0.4) is 0 Å². The first-order valence-electron chi connectivity index (χ1n) is 6.61. The summed E-state index contributed by atoms with van der Waals surface area (Å²) in [6, 6.07) is 1.97. The number of nitrogens with one attached hydrogen (secondary N) is 1. The van der Waals surface area contributed by atoms with Crippen LogP contribution in [0.5, 0.6) is 0 Å². The van der Waals surface area contributed by atoms with E-state index < -0.39 is 0 Å². The first-order valence-corrected chi connectivity index (χ1v) is 6.61. The summed E-state index contributed by atoms with van der Waals surface area (Å²) in [6.07, 6.45) is 10.2. The van der Waals surface area contributed by atoms with Crippen LogP contribution < -0.4 is 5.32 Å². The number of hydrogen-bond donors (Lipinski definition) is 1. The molecular formula is C13H18N4O. The average Bonchev–Trinajstić information content (AvgIpc) is 3.07. The summed E-state index contributed by atoms with van der Waals surface area (Å²) >= 11 is 0. The van der Waals surface area contributed by atoms with Gasteiger partial charge in [-0.1, -0.05) is 12.8 Å². The fourth-order valence-corrected chi connectivity index (χ4v) is 2.69. The molecule has 0 bridgehead atoms. The monoisotopic (exact) mass is 246 g/mol. The zero-order chi connectivity index (χ0) is 12.4. The number of aromatic nitrogens is 3. The minimum atomic E-state index is 0.226. The van der Waals surface area contributed by atoms with Crippen molar-refractivity contribution >= 4 is 11.6 Å². The topological polar surface area (TPSA) is 51.3 Å². The van der Waals surface area contributed by atoms with Gasteiger partial charge >= 0.3 is 0 Å². The van der Waals surface area contributed by atoms with Crippen molar-refractivity contribution in [2.24, 2.45) is 5.92 Å². The maximum atomic E-state index is 11.8. The third-order valence-electron chi connectivity index (χ3n) is 3.71. The Morgan fingerprint density at radius 1 is 1.39 bits per heavy atom. The lowest BCUT2D eigenvalue weighted by Gasteiger charge is -2.10. The number of amides is 1. The fourth-order valence-electron chi connectivity index (χ4n) is 2.69. The zero-order valence-electron chi connectivity index (χ0n) is 10.4. The molecule has 2 heterocycles. The molecule has 5 heteroatoms. The second-order valence-electron chi connectivity index (χ2n) is 4.90. The largest absolute Gasteiger partial charge is 0.354 e. The quantitative estimate of drug-likeness (QED) is 0.887. The highest BCUT2D eigenvalue weighted by Gasteiger charge is 2.21. The zero-order valence-corrected chi connectivity index (χ0v) is 10.4. The van der Waals surface area contributed by atoms with Gasteiger partial charge in [0, 0.05) is 37.5 Å². The van der Waals surface area contributed by atoms with Crippen molar-refractivity contribution in [3.8, 4) is 0 Å². The molecule has 1 fully saturated rings. The van der Waals surface area contributed by atoms with E-state index in [1.54, 1.807) is 6.20 Å². The minimum Gasteiger partial charge on any atom is -0.354 e. The van der Waals surface area contributed by atoms with Gasteiger partial charge in [0.25, 0.3) is 0 Å². The van der Waals surface area contributed by atoms with E-state index in [-0.39, 0.29) is 11.8 Å². The van der Waals surface area contributed by atoms with E-state index >= 15 is 0 Å². The molecule has 0 spiro atoms. The number of nitrogens with zero attached hydrogens (tertiary/aromatic N) is 3. The summed E-state index contributed by atoms with van der Waals surface area (Å²) in [5, 5.41) is 7.18. The molecule has 2 aromatic rings. The van der Waals surface area contributed by atoms with Crippen molar-refractivity contribution in [2.75, 3.05) is 6.54 Å². The first kappa shape index (κ1) is 11.3. The number of imidazole rings is 1. The Morgan fingerprint density at radius 3 is 3.06 bits per heavy atom. The normalized spacial score (nSPS) is 16.4. The van der Waals surface area contributed by atoms with Crippen LogP contribution in [0, 0.1) is 5.92 Å². The average molecular weight is 246 g/mol. The molecular weight excluding hydrogens is 228 g/mol. The lowest BCUT2D eigenvalue weighted by molar-refractivity contribution is -0.124. The maximum Gasteiger partial charge on any atom is 0.223 e. The summed E-state index contributed by atoms with van der Waals surface area (Å²) in [4.78, 5) is 11.8. The molecule has 96 valence electrons. The van der Waals surface area contributed by atoms with E-state index in [0.29, 0.717) is 6.54 Å². The third-order valence-corrected chi connectivity index (χ3v) is 3.71. The van der Waals surface area contributed by atoms with Gasteiger partial charge in [0.15, 0.2) is 0 Å². The summed E-state index contributed by atoms with van der Waals surface area (Å²) in [7, 11) is 0. The molecule has 1 saturated carbocycles. The van der Waals surface area contributed by atoms with Crippen molar-refractivity contribution in [3.05, 3.63) is 24.7 Å². The summed E-state index contributed by atoms with van der Waals surface area (Å²) in [5.41, 5.74) is 1.06. The minimum absolute atomic E-state index is 0.226. The van der Waals surface area contributed by atoms with Crippen molar-refractivity contribution in [1.82, 2.24) is 19.5 Å². The van der Waals surface area contributed by atoms with Crippen LogP contribution in [0.4, 0.5) is 0 Å². The molecule has 1 amide bonds. The van der Waals surface area contributed by atoms with Crippen LogP contribution in [0.15, 0.2) is 24.7 Å². The molecule has 1 N–H and O–H groups in total. The van der Waals surface area contributed by atoms with Crippen LogP contribution in [-0.2, 0) is 11.3 Å². The highest BCUT2D eigenvalue weighted by atomic mass is 16.1. The first-order chi connectivity index (χ1) is 8.84. The van der Waals surface area contributed by atoms with Crippen molar-refractivity contribution in [2.45, 2.75) is 32.2 Å². The number of rotatable bonds is 4. The highest BCUT2D eigenvalue weighted by molar-refractivity contribution is 5.78. The molecule has 5 nitrogen and oxygen atoms in total. The van der Waals surface area contributed by atoms with E-state index in [4.69, 9.17) is 0 Å². The second-order valence-corrected chi connectivity index (χ2v) is 4.90. The summed E-state index contributed by atoms with van der Waals surface area (Å²) < 4.78 is 3.93. The SMILES string of the molecule is O=C(NCCn1ccn2nccc12)C1CCCC1. The third kappa shape index (κ3) is 2.12. The molecule has 0 unspecified atom stereocenters. The van der Waals surface area contributed by atoms with Crippen LogP contribution in [0.2, 0.25) is 0 Å². The van der Waals surface area contributed by atoms with Crippen LogP contribution in [-0.4, -0.2) is 26.6 Å². The molecule has 18 heavy (non-hydrogen) atoms. The Morgan fingerprint density at radius 2 is 2.22 bits per heavy atom. The van der Waals surface area contributed by atoms with Crippen LogP contribution >= 0.6 is 0 Å². The lowest BCUT2D eigenvalue weighted by Crippen LogP contribution is -2.31. The highest BCUT2D eigenvalue weighted by Crippen LogP contribution is 2.24. The standard InChI is InChI=1S/C13H18N4O/c18-13(11-3-1-2-4-11)14-7-8-16-9-10-17-12(16)5-6-15-17/h5-6,9-11H,1-4,7-8H2,(H,14,18). The van der Waals surface area contributed by atoms with E-state index in [2.05, 4.69) is 15.0 Å². The van der Waals surface area contributed by atoms with E-state index in [1.165, 1.54) is 12.8 Å². The smallest absolute Gasteiger partial charge is 0.223 e. The van der Waals surface area contributed by atoms with Crippen molar-refractivity contribution < 1.29 is 4.79 Å². The van der Waals surface area contributed by atoms with Gasteiger partial charge in [0.05, 0.1) is 6.20 Å². The Kier molecular flexibility index (Phi) is 3.04. The molecule has 2 aromatic heterocycles. The summed E-state index contributed by atoms with van der Waals surface area (Å²) in [5.74, 6) is 0.480.